The molecule has 1 aromatic heterocycles. The molecule has 0 amide bonds. The molecule has 0 radical (unpaired) electrons. The predicted octanol–water partition coefficient (Wildman–Crippen LogP) is 3.24. The Balaban J connectivity index is 1.92. The molecule has 19 heavy (non-hydrogen) atoms. The zero-order valence-corrected chi connectivity index (χ0v) is 13.2. The van der Waals surface area contributed by atoms with Crippen LogP contribution in [-0.4, -0.2) is 16.3 Å². The number of aryl methyl sites for hydroxylation is 1. The first-order valence-corrected chi connectivity index (χ1v) is 7.61. The number of aromatic nitrogens is 2. The third-order valence-corrected chi connectivity index (χ3v) is 4.38. The van der Waals surface area contributed by atoms with Crippen molar-refractivity contribution in [3.8, 4) is 0 Å². The number of nitrogens with one attached hydrogen (secondary N) is 1. The molecule has 2 atom stereocenters. The van der Waals surface area contributed by atoms with Gasteiger partial charge in [0.05, 0.1) is 5.69 Å². The van der Waals surface area contributed by atoms with Crippen LogP contribution in [0.15, 0.2) is 6.20 Å². The quantitative estimate of drug-likeness (QED) is 0.903. The Labute approximate surface area is 117 Å². The first-order chi connectivity index (χ1) is 8.88. The molecule has 2 unspecified atom stereocenters. The molecule has 1 aromatic rings. The van der Waals surface area contributed by atoms with Gasteiger partial charge < -0.3 is 5.32 Å². The maximum Gasteiger partial charge on any atom is 0.0722 e. The summed E-state index contributed by atoms with van der Waals surface area (Å²) in [6.07, 6.45) is 6.37. The third-order valence-electron chi connectivity index (χ3n) is 4.38. The molecule has 1 saturated carbocycles. The topological polar surface area (TPSA) is 29.9 Å². The van der Waals surface area contributed by atoms with Crippen LogP contribution in [0, 0.1) is 11.8 Å². The summed E-state index contributed by atoms with van der Waals surface area (Å²) in [4.78, 5) is 0. The van der Waals surface area contributed by atoms with E-state index in [0.29, 0.717) is 0 Å². The summed E-state index contributed by atoms with van der Waals surface area (Å²) in [5.74, 6) is 1.76. The van der Waals surface area contributed by atoms with E-state index < -0.39 is 0 Å². The summed E-state index contributed by atoms with van der Waals surface area (Å²) < 4.78 is 1.94. The predicted molar refractivity (Wildman–Crippen MR) is 80.1 cm³/mol. The summed E-state index contributed by atoms with van der Waals surface area (Å²) in [5.41, 5.74) is 2.70. The second kappa shape index (κ2) is 5.66. The van der Waals surface area contributed by atoms with Crippen molar-refractivity contribution >= 4 is 0 Å². The summed E-state index contributed by atoms with van der Waals surface area (Å²) in [5, 5.41) is 8.27. The maximum atomic E-state index is 4.62. The molecular weight excluding hydrogens is 234 g/mol. The van der Waals surface area contributed by atoms with Crippen molar-refractivity contribution in [2.75, 3.05) is 6.54 Å². The first kappa shape index (κ1) is 14.6. The van der Waals surface area contributed by atoms with E-state index in [1.165, 1.54) is 30.5 Å². The lowest BCUT2D eigenvalue weighted by molar-refractivity contribution is 0.391. The highest BCUT2D eigenvalue weighted by Crippen LogP contribution is 2.30. The van der Waals surface area contributed by atoms with Crippen LogP contribution in [0.2, 0.25) is 0 Å². The van der Waals surface area contributed by atoms with Gasteiger partial charge >= 0.3 is 0 Å². The van der Waals surface area contributed by atoms with Gasteiger partial charge in [0.2, 0.25) is 0 Å². The Kier molecular flexibility index (Phi) is 4.34. The average molecular weight is 263 g/mol. The van der Waals surface area contributed by atoms with Gasteiger partial charge in [-0.05, 0) is 24.8 Å². The van der Waals surface area contributed by atoms with E-state index in [4.69, 9.17) is 0 Å². The molecule has 0 saturated heterocycles. The minimum Gasteiger partial charge on any atom is -0.312 e. The monoisotopic (exact) mass is 263 g/mol. The van der Waals surface area contributed by atoms with Crippen LogP contribution in [-0.2, 0) is 19.0 Å². The van der Waals surface area contributed by atoms with E-state index in [0.717, 1.165) is 24.9 Å². The first-order valence-electron chi connectivity index (χ1n) is 7.61. The Morgan fingerprint density at radius 2 is 2.11 bits per heavy atom. The molecule has 2 rings (SSSR count). The van der Waals surface area contributed by atoms with Gasteiger partial charge in [-0.3, -0.25) is 4.68 Å². The Morgan fingerprint density at radius 3 is 2.68 bits per heavy atom. The van der Waals surface area contributed by atoms with Crippen molar-refractivity contribution in [1.29, 1.82) is 0 Å². The van der Waals surface area contributed by atoms with Crippen molar-refractivity contribution in [2.45, 2.75) is 58.9 Å². The number of rotatable bonds is 4. The molecule has 1 aliphatic carbocycles. The average Bonchev–Trinajstić information content (AvgIpc) is 2.85. The van der Waals surface area contributed by atoms with E-state index in [1.807, 2.05) is 11.7 Å². The standard InChI is InChI=1S/C16H29N3/c1-12-7-6-8-13(12)9-17-10-14-11-19(5)18-15(14)16(2,3)4/h11-13,17H,6-10H2,1-5H3. The van der Waals surface area contributed by atoms with Gasteiger partial charge in [0.1, 0.15) is 0 Å². The van der Waals surface area contributed by atoms with Gasteiger partial charge in [0, 0.05) is 30.8 Å². The van der Waals surface area contributed by atoms with Gasteiger partial charge in [0.25, 0.3) is 0 Å². The summed E-state index contributed by atoms with van der Waals surface area (Å²) in [6.45, 7) is 11.2. The number of hydrogen-bond donors (Lipinski definition) is 1. The van der Waals surface area contributed by atoms with Crippen molar-refractivity contribution in [2.24, 2.45) is 18.9 Å². The third kappa shape index (κ3) is 3.59. The van der Waals surface area contributed by atoms with E-state index >= 15 is 0 Å². The van der Waals surface area contributed by atoms with Crippen molar-refractivity contribution in [1.82, 2.24) is 15.1 Å². The van der Waals surface area contributed by atoms with Gasteiger partial charge in [-0.2, -0.15) is 5.10 Å². The van der Waals surface area contributed by atoms with Gasteiger partial charge in [-0.25, -0.2) is 0 Å². The van der Waals surface area contributed by atoms with E-state index in [9.17, 15) is 0 Å². The van der Waals surface area contributed by atoms with Gasteiger partial charge in [-0.15, -0.1) is 0 Å². The number of hydrogen-bond acceptors (Lipinski definition) is 2. The van der Waals surface area contributed by atoms with Crippen LogP contribution >= 0.6 is 0 Å². The molecule has 1 aliphatic rings. The number of nitrogens with zero attached hydrogens (tertiary/aromatic N) is 2. The van der Waals surface area contributed by atoms with Gasteiger partial charge in [0.15, 0.2) is 0 Å². The molecule has 0 aromatic carbocycles. The van der Waals surface area contributed by atoms with Crippen molar-refractivity contribution in [3.63, 3.8) is 0 Å². The Hall–Kier alpha value is -0.830. The largest absolute Gasteiger partial charge is 0.312 e. The molecule has 1 N–H and O–H groups in total. The molecule has 1 fully saturated rings. The van der Waals surface area contributed by atoms with Crippen LogP contribution in [0.1, 0.15) is 58.2 Å². The fourth-order valence-electron chi connectivity index (χ4n) is 3.22. The van der Waals surface area contributed by atoms with Crippen molar-refractivity contribution < 1.29 is 0 Å². The van der Waals surface area contributed by atoms with E-state index in [2.05, 4.69) is 44.3 Å². The highest BCUT2D eigenvalue weighted by Gasteiger charge is 2.24. The SMILES string of the molecule is CC1CCCC1CNCc1cn(C)nc1C(C)(C)C. The molecule has 0 spiro atoms. The van der Waals surface area contributed by atoms with E-state index in [-0.39, 0.29) is 5.41 Å². The fourth-order valence-corrected chi connectivity index (χ4v) is 3.22. The van der Waals surface area contributed by atoms with Crippen molar-refractivity contribution in [3.05, 3.63) is 17.5 Å². The van der Waals surface area contributed by atoms with Crippen LogP contribution in [0.5, 0.6) is 0 Å². The normalized spacial score (nSPS) is 24.1. The second-order valence-corrected chi connectivity index (χ2v) is 7.23. The smallest absolute Gasteiger partial charge is 0.0722 e. The molecule has 0 aliphatic heterocycles. The minimum atomic E-state index is 0.124. The van der Waals surface area contributed by atoms with Gasteiger partial charge in [-0.1, -0.05) is 40.5 Å². The van der Waals surface area contributed by atoms with Crippen LogP contribution in [0.3, 0.4) is 0 Å². The summed E-state index contributed by atoms with van der Waals surface area (Å²) >= 11 is 0. The lowest BCUT2D eigenvalue weighted by Gasteiger charge is -2.19. The molecule has 0 bridgehead atoms. The fraction of sp³-hybridized carbons (Fsp3) is 0.812. The Bertz CT molecular complexity index is 414. The maximum absolute atomic E-state index is 4.62. The Morgan fingerprint density at radius 1 is 1.37 bits per heavy atom. The molecule has 3 nitrogen and oxygen atoms in total. The lowest BCUT2D eigenvalue weighted by Crippen LogP contribution is -2.25. The highest BCUT2D eigenvalue weighted by atomic mass is 15.3. The van der Waals surface area contributed by atoms with E-state index in [1.54, 1.807) is 0 Å². The minimum absolute atomic E-state index is 0.124. The second-order valence-electron chi connectivity index (χ2n) is 7.23. The zero-order chi connectivity index (χ0) is 14.0. The summed E-state index contributed by atoms with van der Waals surface area (Å²) in [7, 11) is 2.01. The lowest BCUT2D eigenvalue weighted by atomic mass is 9.89. The molecule has 3 heteroatoms. The molecular formula is C16H29N3. The molecule has 108 valence electrons. The molecule has 1 heterocycles. The van der Waals surface area contributed by atoms with Crippen LogP contribution < -0.4 is 5.32 Å². The zero-order valence-electron chi connectivity index (χ0n) is 13.2. The highest BCUT2D eigenvalue weighted by molar-refractivity contribution is 5.23. The summed E-state index contributed by atoms with van der Waals surface area (Å²) in [6, 6.07) is 0. The van der Waals surface area contributed by atoms with Crippen LogP contribution in [0.25, 0.3) is 0 Å². The van der Waals surface area contributed by atoms with Crippen LogP contribution in [0.4, 0.5) is 0 Å².